The lowest BCUT2D eigenvalue weighted by Gasteiger charge is -2.35. The summed E-state index contributed by atoms with van der Waals surface area (Å²) in [4.78, 5) is 11.9. The van der Waals surface area contributed by atoms with Gasteiger partial charge in [0, 0.05) is 18.7 Å². The van der Waals surface area contributed by atoms with Crippen LogP contribution in [0.25, 0.3) is 0 Å². The van der Waals surface area contributed by atoms with Crippen molar-refractivity contribution in [3.63, 3.8) is 0 Å². The third-order valence-electron chi connectivity index (χ3n) is 2.87. The van der Waals surface area contributed by atoms with Crippen molar-refractivity contribution in [2.45, 2.75) is 38.3 Å². The average Bonchev–Trinajstić information content (AvgIpc) is 2.63. The lowest BCUT2D eigenvalue weighted by molar-refractivity contribution is -0.0615. The molecule has 1 aliphatic heterocycles. The van der Waals surface area contributed by atoms with E-state index in [1.54, 1.807) is 0 Å². The molecule has 1 saturated heterocycles. The number of nitrogens with zero attached hydrogens (tertiary/aromatic N) is 1. The zero-order valence-electron chi connectivity index (χ0n) is 10.1. The van der Waals surface area contributed by atoms with Gasteiger partial charge < -0.3 is 15.8 Å². The van der Waals surface area contributed by atoms with Crippen molar-refractivity contribution < 1.29 is 9.53 Å². The summed E-state index contributed by atoms with van der Waals surface area (Å²) >= 11 is 0. The molecule has 0 bridgehead atoms. The number of nitrogens with one attached hydrogen (secondary N) is 2. The molecule has 6 heteroatoms. The standard InChI is InChI=1S/C11H18N4O2/c1-11(2)6-7(3-4-17-11)13-10(16)8-5-9(12)15-14-8/h5,7H,3-4,6H2,1-2H3,(H,13,16)(H3,12,14,15). The molecule has 4 N–H and O–H groups in total. The number of aromatic amines is 1. The third-order valence-corrected chi connectivity index (χ3v) is 2.87. The number of nitrogen functional groups attached to an aromatic ring is 1. The molecule has 1 aromatic rings. The van der Waals surface area contributed by atoms with Crippen molar-refractivity contribution in [1.29, 1.82) is 0 Å². The Hall–Kier alpha value is -1.56. The number of aromatic nitrogens is 2. The van der Waals surface area contributed by atoms with E-state index in [0.29, 0.717) is 18.1 Å². The highest BCUT2D eigenvalue weighted by Gasteiger charge is 2.29. The maximum absolute atomic E-state index is 11.9. The molecule has 1 amide bonds. The van der Waals surface area contributed by atoms with Crippen molar-refractivity contribution in [1.82, 2.24) is 15.5 Å². The minimum Gasteiger partial charge on any atom is -0.382 e. The molecule has 1 aromatic heterocycles. The summed E-state index contributed by atoms with van der Waals surface area (Å²) in [5.74, 6) is 0.152. The summed E-state index contributed by atoms with van der Waals surface area (Å²) in [7, 11) is 0. The fourth-order valence-corrected chi connectivity index (χ4v) is 2.07. The highest BCUT2D eigenvalue weighted by atomic mass is 16.5. The van der Waals surface area contributed by atoms with E-state index in [2.05, 4.69) is 15.5 Å². The summed E-state index contributed by atoms with van der Waals surface area (Å²) in [6, 6.07) is 1.66. The Labute approximate surface area is 99.9 Å². The molecular formula is C11H18N4O2. The molecular weight excluding hydrogens is 220 g/mol. The highest BCUT2D eigenvalue weighted by molar-refractivity contribution is 5.93. The van der Waals surface area contributed by atoms with E-state index in [1.165, 1.54) is 6.07 Å². The monoisotopic (exact) mass is 238 g/mol. The topological polar surface area (TPSA) is 93.0 Å². The van der Waals surface area contributed by atoms with Crippen LogP contribution >= 0.6 is 0 Å². The van der Waals surface area contributed by atoms with Gasteiger partial charge in [-0.05, 0) is 26.7 Å². The van der Waals surface area contributed by atoms with Gasteiger partial charge in [0.05, 0.1) is 5.60 Å². The molecule has 0 saturated carbocycles. The predicted molar refractivity (Wildman–Crippen MR) is 63.5 cm³/mol. The molecule has 2 heterocycles. The first-order valence-electron chi connectivity index (χ1n) is 5.72. The van der Waals surface area contributed by atoms with Crippen molar-refractivity contribution in [2.24, 2.45) is 0 Å². The Morgan fingerprint density at radius 3 is 3.06 bits per heavy atom. The van der Waals surface area contributed by atoms with Crippen molar-refractivity contribution in [3.05, 3.63) is 11.8 Å². The highest BCUT2D eigenvalue weighted by Crippen LogP contribution is 2.24. The molecule has 1 atom stereocenters. The molecule has 94 valence electrons. The first-order valence-corrected chi connectivity index (χ1v) is 5.72. The maximum Gasteiger partial charge on any atom is 0.269 e. The SMILES string of the molecule is CC1(C)CC(NC(=O)c2cc(N)n[nH]2)CCO1. The van der Waals surface area contributed by atoms with E-state index in [-0.39, 0.29) is 17.6 Å². The molecule has 1 fully saturated rings. The van der Waals surface area contributed by atoms with E-state index in [9.17, 15) is 4.79 Å². The number of H-pyrrole nitrogens is 1. The van der Waals surface area contributed by atoms with Gasteiger partial charge in [-0.1, -0.05) is 0 Å². The molecule has 1 aliphatic rings. The molecule has 1 unspecified atom stereocenters. The number of ether oxygens (including phenoxy) is 1. The van der Waals surface area contributed by atoms with Crippen molar-refractivity contribution in [3.8, 4) is 0 Å². The van der Waals surface area contributed by atoms with Gasteiger partial charge in [0.2, 0.25) is 0 Å². The number of hydrogen-bond acceptors (Lipinski definition) is 4. The van der Waals surface area contributed by atoms with Crippen LogP contribution in [0.4, 0.5) is 5.82 Å². The second kappa shape index (κ2) is 4.37. The van der Waals surface area contributed by atoms with Crippen LogP contribution in [0.15, 0.2) is 6.07 Å². The van der Waals surface area contributed by atoms with Gasteiger partial charge >= 0.3 is 0 Å². The van der Waals surface area contributed by atoms with Crippen LogP contribution in [0.5, 0.6) is 0 Å². The van der Waals surface area contributed by atoms with E-state index >= 15 is 0 Å². The van der Waals surface area contributed by atoms with Crippen LogP contribution in [-0.4, -0.2) is 34.4 Å². The number of carbonyl (C=O) groups is 1. The van der Waals surface area contributed by atoms with Gasteiger partial charge in [0.1, 0.15) is 11.5 Å². The quantitative estimate of drug-likeness (QED) is 0.706. The molecule has 17 heavy (non-hydrogen) atoms. The van der Waals surface area contributed by atoms with Crippen LogP contribution in [-0.2, 0) is 4.74 Å². The summed E-state index contributed by atoms with van der Waals surface area (Å²) < 4.78 is 5.60. The van der Waals surface area contributed by atoms with Crippen LogP contribution in [0.3, 0.4) is 0 Å². The van der Waals surface area contributed by atoms with Crippen molar-refractivity contribution >= 4 is 11.7 Å². The zero-order valence-corrected chi connectivity index (χ0v) is 10.1. The molecule has 0 spiro atoms. The molecule has 0 aliphatic carbocycles. The first-order chi connectivity index (χ1) is 7.96. The summed E-state index contributed by atoms with van der Waals surface area (Å²) in [5, 5.41) is 9.28. The van der Waals surface area contributed by atoms with Crippen LogP contribution in [0.1, 0.15) is 37.2 Å². The maximum atomic E-state index is 11.9. The molecule has 0 aromatic carbocycles. The minimum atomic E-state index is -0.177. The average molecular weight is 238 g/mol. The Morgan fingerprint density at radius 2 is 2.47 bits per heavy atom. The van der Waals surface area contributed by atoms with E-state index in [4.69, 9.17) is 10.5 Å². The normalized spacial score (nSPS) is 23.3. The fraction of sp³-hybridized carbons (Fsp3) is 0.636. The molecule has 2 rings (SSSR count). The number of carbonyl (C=O) groups excluding carboxylic acids is 1. The number of amides is 1. The Bertz CT molecular complexity index is 413. The van der Waals surface area contributed by atoms with Gasteiger partial charge in [0.15, 0.2) is 0 Å². The third kappa shape index (κ3) is 2.97. The lowest BCUT2D eigenvalue weighted by atomic mass is 9.94. The number of anilines is 1. The molecule has 6 nitrogen and oxygen atoms in total. The molecule has 0 radical (unpaired) electrons. The van der Waals surface area contributed by atoms with Gasteiger partial charge in [-0.3, -0.25) is 9.89 Å². The van der Waals surface area contributed by atoms with Gasteiger partial charge in [-0.25, -0.2) is 0 Å². The summed E-state index contributed by atoms with van der Waals surface area (Å²) in [5.41, 5.74) is 5.67. The largest absolute Gasteiger partial charge is 0.382 e. The second-order valence-electron chi connectivity index (χ2n) is 4.98. The van der Waals surface area contributed by atoms with Crippen molar-refractivity contribution in [2.75, 3.05) is 12.3 Å². The summed E-state index contributed by atoms with van der Waals surface area (Å²) in [6.07, 6.45) is 1.64. The predicted octanol–water partition coefficient (Wildman–Crippen LogP) is 0.679. The lowest BCUT2D eigenvalue weighted by Crippen LogP contribution is -2.45. The second-order valence-corrected chi connectivity index (χ2v) is 4.98. The van der Waals surface area contributed by atoms with Gasteiger partial charge in [-0.2, -0.15) is 5.10 Å². The minimum absolute atomic E-state index is 0.135. The van der Waals surface area contributed by atoms with Gasteiger partial charge in [-0.15, -0.1) is 0 Å². The van der Waals surface area contributed by atoms with Gasteiger partial charge in [0.25, 0.3) is 5.91 Å². The van der Waals surface area contributed by atoms with E-state index < -0.39 is 0 Å². The van der Waals surface area contributed by atoms with Crippen LogP contribution in [0, 0.1) is 0 Å². The Morgan fingerprint density at radius 1 is 1.71 bits per heavy atom. The Kier molecular flexibility index (Phi) is 3.06. The number of rotatable bonds is 2. The number of nitrogens with two attached hydrogens (primary N) is 1. The van der Waals surface area contributed by atoms with E-state index in [0.717, 1.165) is 12.8 Å². The van der Waals surface area contributed by atoms with Crippen LogP contribution in [0.2, 0.25) is 0 Å². The smallest absolute Gasteiger partial charge is 0.269 e. The van der Waals surface area contributed by atoms with E-state index in [1.807, 2.05) is 13.8 Å². The Balaban J connectivity index is 1.95. The zero-order chi connectivity index (χ0) is 12.5. The fourth-order valence-electron chi connectivity index (χ4n) is 2.07. The summed E-state index contributed by atoms with van der Waals surface area (Å²) in [6.45, 7) is 4.72. The van der Waals surface area contributed by atoms with Crippen LogP contribution < -0.4 is 11.1 Å². The number of hydrogen-bond donors (Lipinski definition) is 3. The first kappa shape index (κ1) is 11.9.